The van der Waals surface area contributed by atoms with E-state index in [2.05, 4.69) is 9.62 Å². The first kappa shape index (κ1) is 17.1. The Morgan fingerprint density at radius 1 is 1.21 bits per heavy atom. The lowest BCUT2D eigenvalue weighted by molar-refractivity contribution is 0.417. The standard InChI is InChI=1S/C17H22N2O3S2/c1-3-14-7-9-17(23-14)24(20,21)18-15-12-13(6-8-16(15)22-2)19-10-4-5-11-19/h6-9,12,18H,3-5,10-11H2,1-2H3. The van der Waals surface area contributed by atoms with Crippen molar-refractivity contribution >= 4 is 32.7 Å². The first-order chi connectivity index (χ1) is 11.5. The maximum Gasteiger partial charge on any atom is 0.271 e. The zero-order valence-electron chi connectivity index (χ0n) is 13.9. The van der Waals surface area contributed by atoms with E-state index < -0.39 is 10.0 Å². The van der Waals surface area contributed by atoms with Crippen LogP contribution in [0.2, 0.25) is 0 Å². The number of aryl methyl sites for hydroxylation is 1. The molecule has 0 amide bonds. The Hall–Kier alpha value is -1.73. The lowest BCUT2D eigenvalue weighted by Crippen LogP contribution is -2.18. The van der Waals surface area contributed by atoms with Gasteiger partial charge in [-0.25, -0.2) is 8.42 Å². The Kier molecular flexibility index (Phi) is 5.01. The maximum atomic E-state index is 12.7. The Morgan fingerprint density at radius 3 is 2.58 bits per heavy atom. The molecule has 0 bridgehead atoms. The maximum absolute atomic E-state index is 12.7. The van der Waals surface area contributed by atoms with E-state index in [1.807, 2.05) is 31.2 Å². The number of nitrogens with zero attached hydrogens (tertiary/aromatic N) is 1. The molecule has 130 valence electrons. The summed E-state index contributed by atoms with van der Waals surface area (Å²) in [6.07, 6.45) is 3.16. The normalized spacial score (nSPS) is 14.8. The number of nitrogens with one attached hydrogen (secondary N) is 1. The molecular weight excluding hydrogens is 344 g/mol. The summed E-state index contributed by atoms with van der Waals surface area (Å²) in [5.41, 5.74) is 1.50. The van der Waals surface area contributed by atoms with Gasteiger partial charge in [0.15, 0.2) is 0 Å². The van der Waals surface area contributed by atoms with Gasteiger partial charge in [0.1, 0.15) is 9.96 Å². The van der Waals surface area contributed by atoms with Gasteiger partial charge in [-0.1, -0.05) is 6.92 Å². The Balaban J connectivity index is 1.90. The fraction of sp³-hybridized carbons (Fsp3) is 0.412. The smallest absolute Gasteiger partial charge is 0.271 e. The van der Waals surface area contributed by atoms with Crippen molar-refractivity contribution in [2.45, 2.75) is 30.4 Å². The summed E-state index contributed by atoms with van der Waals surface area (Å²) in [4.78, 5) is 3.31. The second-order valence-electron chi connectivity index (χ2n) is 5.76. The summed E-state index contributed by atoms with van der Waals surface area (Å²) < 4.78 is 33.7. The average molecular weight is 367 g/mol. The second kappa shape index (κ2) is 7.03. The van der Waals surface area contributed by atoms with Crippen molar-refractivity contribution in [1.29, 1.82) is 0 Å². The fourth-order valence-electron chi connectivity index (χ4n) is 2.84. The van der Waals surface area contributed by atoms with Crippen LogP contribution in [0.5, 0.6) is 5.75 Å². The predicted molar refractivity (Wildman–Crippen MR) is 98.9 cm³/mol. The van der Waals surface area contributed by atoms with Crippen LogP contribution in [0.3, 0.4) is 0 Å². The largest absolute Gasteiger partial charge is 0.495 e. The minimum atomic E-state index is -3.61. The molecule has 0 saturated carbocycles. The van der Waals surface area contributed by atoms with Crippen molar-refractivity contribution in [2.75, 3.05) is 29.8 Å². The van der Waals surface area contributed by atoms with Crippen molar-refractivity contribution in [1.82, 2.24) is 0 Å². The number of methoxy groups -OCH3 is 1. The SMILES string of the molecule is CCc1ccc(S(=O)(=O)Nc2cc(N3CCCC3)ccc2OC)s1. The zero-order chi connectivity index (χ0) is 17.2. The van der Waals surface area contributed by atoms with Crippen LogP contribution in [-0.2, 0) is 16.4 Å². The molecule has 0 unspecified atom stereocenters. The van der Waals surface area contributed by atoms with Crippen LogP contribution in [0.25, 0.3) is 0 Å². The Bertz CT molecular complexity index is 809. The van der Waals surface area contributed by atoms with E-state index in [9.17, 15) is 8.42 Å². The molecule has 1 aliphatic heterocycles. The first-order valence-electron chi connectivity index (χ1n) is 8.08. The molecule has 0 aliphatic carbocycles. The molecule has 1 N–H and O–H groups in total. The molecule has 1 saturated heterocycles. The number of hydrogen-bond acceptors (Lipinski definition) is 5. The predicted octanol–water partition coefficient (Wildman–Crippen LogP) is 3.72. The van der Waals surface area contributed by atoms with Crippen LogP contribution in [0, 0.1) is 0 Å². The first-order valence-corrected chi connectivity index (χ1v) is 10.4. The van der Waals surface area contributed by atoms with Crippen molar-refractivity contribution in [3.05, 3.63) is 35.2 Å². The van der Waals surface area contributed by atoms with E-state index >= 15 is 0 Å². The molecule has 5 nitrogen and oxygen atoms in total. The Morgan fingerprint density at radius 2 is 1.96 bits per heavy atom. The third-order valence-corrected chi connectivity index (χ3v) is 7.24. The fourth-order valence-corrected chi connectivity index (χ4v) is 5.19. The Labute approximate surface area is 147 Å². The second-order valence-corrected chi connectivity index (χ2v) is 8.84. The lowest BCUT2D eigenvalue weighted by atomic mass is 10.2. The van der Waals surface area contributed by atoms with Gasteiger partial charge in [-0.2, -0.15) is 0 Å². The number of anilines is 2. The lowest BCUT2D eigenvalue weighted by Gasteiger charge is -2.20. The highest BCUT2D eigenvalue weighted by atomic mass is 32.2. The van der Waals surface area contributed by atoms with Gasteiger partial charge in [0.05, 0.1) is 12.8 Å². The molecule has 1 aromatic heterocycles. The van der Waals surface area contributed by atoms with Crippen LogP contribution in [0.1, 0.15) is 24.6 Å². The highest BCUT2D eigenvalue weighted by Gasteiger charge is 2.20. The van der Waals surface area contributed by atoms with Gasteiger partial charge in [0.2, 0.25) is 0 Å². The monoisotopic (exact) mass is 366 g/mol. The molecule has 24 heavy (non-hydrogen) atoms. The summed E-state index contributed by atoms with van der Waals surface area (Å²) in [6, 6.07) is 9.16. The van der Waals surface area contributed by atoms with Crippen LogP contribution < -0.4 is 14.4 Å². The van der Waals surface area contributed by atoms with Crippen LogP contribution in [0.4, 0.5) is 11.4 Å². The molecule has 1 aromatic carbocycles. The molecule has 3 rings (SSSR count). The van der Waals surface area contributed by atoms with Gasteiger partial charge in [0, 0.05) is 23.7 Å². The van der Waals surface area contributed by atoms with Crippen LogP contribution >= 0.6 is 11.3 Å². The summed E-state index contributed by atoms with van der Waals surface area (Å²) >= 11 is 1.30. The molecule has 1 fully saturated rings. The summed E-state index contributed by atoms with van der Waals surface area (Å²) in [7, 11) is -2.06. The summed E-state index contributed by atoms with van der Waals surface area (Å²) in [5.74, 6) is 0.522. The molecule has 0 atom stereocenters. The molecule has 0 radical (unpaired) electrons. The molecule has 2 aromatic rings. The summed E-state index contributed by atoms with van der Waals surface area (Å²) in [6.45, 7) is 4.02. The zero-order valence-corrected chi connectivity index (χ0v) is 15.5. The number of rotatable bonds is 6. The quantitative estimate of drug-likeness (QED) is 0.846. The number of hydrogen-bond donors (Lipinski definition) is 1. The van der Waals surface area contributed by atoms with Crippen molar-refractivity contribution in [2.24, 2.45) is 0 Å². The third kappa shape index (κ3) is 3.52. The molecule has 1 aliphatic rings. The highest BCUT2D eigenvalue weighted by Crippen LogP contribution is 2.33. The average Bonchev–Trinajstić information content (AvgIpc) is 3.26. The third-order valence-electron chi connectivity index (χ3n) is 4.15. The van der Waals surface area contributed by atoms with Crippen molar-refractivity contribution < 1.29 is 13.2 Å². The molecule has 7 heteroatoms. The number of benzene rings is 1. The minimum absolute atomic E-state index is 0.327. The molecular formula is C17H22N2O3S2. The highest BCUT2D eigenvalue weighted by molar-refractivity contribution is 7.94. The van der Waals surface area contributed by atoms with Gasteiger partial charge >= 0.3 is 0 Å². The van der Waals surface area contributed by atoms with Crippen LogP contribution in [0.15, 0.2) is 34.5 Å². The van der Waals surface area contributed by atoms with Gasteiger partial charge in [0.25, 0.3) is 10.0 Å². The van der Waals surface area contributed by atoms with Crippen molar-refractivity contribution in [3.63, 3.8) is 0 Å². The number of sulfonamides is 1. The van der Waals surface area contributed by atoms with Crippen LogP contribution in [-0.4, -0.2) is 28.6 Å². The number of thiophene rings is 1. The van der Waals surface area contributed by atoms with E-state index in [0.717, 1.165) is 30.1 Å². The van der Waals surface area contributed by atoms with Gasteiger partial charge in [-0.15, -0.1) is 11.3 Å². The van der Waals surface area contributed by atoms with Gasteiger partial charge in [-0.3, -0.25) is 4.72 Å². The van der Waals surface area contributed by atoms with Gasteiger partial charge < -0.3 is 9.64 Å². The van der Waals surface area contributed by atoms with E-state index in [4.69, 9.17) is 4.74 Å². The topological polar surface area (TPSA) is 58.6 Å². The number of ether oxygens (including phenoxy) is 1. The van der Waals surface area contributed by atoms with E-state index in [0.29, 0.717) is 15.6 Å². The van der Waals surface area contributed by atoms with Crippen molar-refractivity contribution in [3.8, 4) is 5.75 Å². The summed E-state index contributed by atoms with van der Waals surface area (Å²) in [5, 5.41) is 0. The van der Waals surface area contributed by atoms with E-state index in [1.54, 1.807) is 13.2 Å². The molecule has 2 heterocycles. The molecule has 0 spiro atoms. The van der Waals surface area contributed by atoms with Gasteiger partial charge in [-0.05, 0) is 49.6 Å². The minimum Gasteiger partial charge on any atom is -0.495 e. The van der Waals surface area contributed by atoms with E-state index in [-0.39, 0.29) is 0 Å². The van der Waals surface area contributed by atoms with E-state index in [1.165, 1.54) is 24.2 Å².